The average Bonchev–Trinajstić information content (AvgIpc) is 2.82. The van der Waals surface area contributed by atoms with Crippen molar-refractivity contribution in [3.8, 4) is 5.75 Å². The van der Waals surface area contributed by atoms with Gasteiger partial charge in [0.1, 0.15) is 17.4 Å². The Bertz CT molecular complexity index is 1210. The maximum Gasteiger partial charge on any atom is 0.250 e. The van der Waals surface area contributed by atoms with E-state index in [4.69, 9.17) is 16.3 Å². The highest BCUT2D eigenvalue weighted by Gasteiger charge is 2.33. The Kier molecular flexibility index (Phi) is 7.66. The molecule has 1 saturated heterocycles. The predicted octanol–water partition coefficient (Wildman–Crippen LogP) is 6.23. The van der Waals surface area contributed by atoms with Gasteiger partial charge in [0.15, 0.2) is 0 Å². The summed E-state index contributed by atoms with van der Waals surface area (Å²) in [5.74, 6) is -2.30. The number of carbonyl (C=O) groups is 1. The van der Waals surface area contributed by atoms with E-state index in [0.717, 1.165) is 10.8 Å². The Morgan fingerprint density at radius 1 is 1.20 bits per heavy atom. The summed E-state index contributed by atoms with van der Waals surface area (Å²) >= 11 is 5.89. The highest BCUT2D eigenvalue weighted by molar-refractivity contribution is 6.31. The van der Waals surface area contributed by atoms with Crippen molar-refractivity contribution in [1.29, 1.82) is 0 Å². The third kappa shape index (κ3) is 6.35. The highest BCUT2D eigenvalue weighted by Crippen LogP contribution is 2.35. The summed E-state index contributed by atoms with van der Waals surface area (Å²) < 4.78 is 45.6. The molecule has 1 aliphatic rings. The summed E-state index contributed by atoms with van der Waals surface area (Å²) in [6.07, 6.45) is 2.17. The van der Waals surface area contributed by atoms with E-state index in [1.165, 1.54) is 19.2 Å². The second-order valence-electron chi connectivity index (χ2n) is 8.54. The number of pyridine rings is 1. The molecule has 0 saturated carbocycles. The highest BCUT2D eigenvalue weighted by atomic mass is 35.5. The number of aromatic nitrogens is 1. The molecule has 0 atom stereocenters. The molecule has 2 heterocycles. The number of amides is 1. The number of fused-ring (bicyclic) bond motifs is 1. The molecule has 1 aliphatic heterocycles. The van der Waals surface area contributed by atoms with Crippen LogP contribution in [0.25, 0.3) is 10.8 Å². The number of nitrogens with zero attached hydrogens (tertiary/aromatic N) is 2. The van der Waals surface area contributed by atoms with Crippen LogP contribution < -0.4 is 15.4 Å². The van der Waals surface area contributed by atoms with Crippen LogP contribution in [0, 0.1) is 5.82 Å². The van der Waals surface area contributed by atoms with Gasteiger partial charge in [0.25, 0.3) is 5.92 Å². The summed E-state index contributed by atoms with van der Waals surface area (Å²) in [4.78, 5) is 19.0. The van der Waals surface area contributed by atoms with Crippen LogP contribution in [0.1, 0.15) is 25.7 Å². The fourth-order valence-corrected chi connectivity index (χ4v) is 4.24. The zero-order valence-electron chi connectivity index (χ0n) is 19.2. The van der Waals surface area contributed by atoms with Crippen molar-refractivity contribution >= 4 is 45.5 Å². The van der Waals surface area contributed by atoms with E-state index in [1.54, 1.807) is 24.4 Å². The summed E-state index contributed by atoms with van der Waals surface area (Å²) in [5.41, 5.74) is 1.05. The Hall–Kier alpha value is -3.04. The van der Waals surface area contributed by atoms with Crippen molar-refractivity contribution in [2.45, 2.75) is 31.6 Å². The van der Waals surface area contributed by atoms with E-state index >= 15 is 0 Å². The second-order valence-corrected chi connectivity index (χ2v) is 8.94. The van der Waals surface area contributed by atoms with Crippen LogP contribution in [0.5, 0.6) is 5.75 Å². The number of methoxy groups -OCH3 is 1. The van der Waals surface area contributed by atoms with Crippen molar-refractivity contribution in [3.63, 3.8) is 0 Å². The number of alkyl halides is 2. The van der Waals surface area contributed by atoms with Gasteiger partial charge in [-0.05, 0) is 54.8 Å². The van der Waals surface area contributed by atoms with Crippen LogP contribution in [0.4, 0.5) is 30.4 Å². The molecular formula is C25H26ClF3N4O2. The summed E-state index contributed by atoms with van der Waals surface area (Å²) in [6.45, 7) is 1.28. The molecular weight excluding hydrogens is 481 g/mol. The molecule has 6 nitrogen and oxygen atoms in total. The number of piperidine rings is 1. The number of halogens is 4. The van der Waals surface area contributed by atoms with Crippen molar-refractivity contribution in [3.05, 3.63) is 53.4 Å². The first-order chi connectivity index (χ1) is 16.7. The quantitative estimate of drug-likeness (QED) is 0.379. The van der Waals surface area contributed by atoms with E-state index < -0.39 is 11.7 Å². The number of hydrogen-bond donors (Lipinski definition) is 2. The fraction of sp³-hybridized carbons (Fsp3) is 0.360. The Balaban J connectivity index is 1.45. The van der Waals surface area contributed by atoms with E-state index in [1.807, 2.05) is 11.0 Å². The van der Waals surface area contributed by atoms with Gasteiger partial charge in [-0.1, -0.05) is 11.6 Å². The summed E-state index contributed by atoms with van der Waals surface area (Å²) in [5, 5.41) is 7.55. The normalized spacial score (nSPS) is 15.7. The van der Waals surface area contributed by atoms with E-state index in [2.05, 4.69) is 15.6 Å². The van der Waals surface area contributed by atoms with Crippen molar-refractivity contribution in [2.24, 2.45) is 0 Å². The minimum atomic E-state index is -2.58. The molecule has 1 amide bonds. The van der Waals surface area contributed by atoms with E-state index in [0.29, 0.717) is 49.0 Å². The third-order valence-electron chi connectivity index (χ3n) is 6.01. The molecule has 0 radical (unpaired) electrons. The van der Waals surface area contributed by atoms with Crippen LogP contribution in [0.2, 0.25) is 5.02 Å². The lowest BCUT2D eigenvalue weighted by Gasteiger charge is -2.31. The molecule has 0 unspecified atom stereocenters. The van der Waals surface area contributed by atoms with Crippen LogP contribution >= 0.6 is 11.6 Å². The Labute approximate surface area is 206 Å². The number of likely N-dealkylation sites (tertiary alicyclic amines) is 1. The van der Waals surface area contributed by atoms with Gasteiger partial charge >= 0.3 is 0 Å². The lowest BCUT2D eigenvalue weighted by atomic mass is 10.1. The topological polar surface area (TPSA) is 66.5 Å². The Morgan fingerprint density at radius 2 is 1.97 bits per heavy atom. The van der Waals surface area contributed by atoms with Crippen molar-refractivity contribution in [2.75, 3.05) is 37.4 Å². The van der Waals surface area contributed by atoms with Crippen LogP contribution in [-0.2, 0) is 4.79 Å². The first kappa shape index (κ1) is 25.1. The molecule has 1 aromatic heterocycles. The maximum atomic E-state index is 13.5. The molecule has 186 valence electrons. The second kappa shape index (κ2) is 10.7. The number of benzene rings is 2. The lowest BCUT2D eigenvalue weighted by molar-refractivity contribution is -0.116. The molecule has 0 aliphatic carbocycles. The molecule has 2 N–H and O–H groups in total. The molecule has 2 aromatic carbocycles. The number of hydrogen-bond acceptors (Lipinski definition) is 5. The molecule has 4 rings (SSSR count). The number of nitrogens with one attached hydrogen (secondary N) is 2. The molecule has 0 bridgehead atoms. The monoisotopic (exact) mass is 506 g/mol. The van der Waals surface area contributed by atoms with Crippen LogP contribution in [0.3, 0.4) is 0 Å². The first-order valence-electron chi connectivity index (χ1n) is 11.3. The van der Waals surface area contributed by atoms with Gasteiger partial charge in [0.2, 0.25) is 5.91 Å². The van der Waals surface area contributed by atoms with Gasteiger partial charge in [0, 0.05) is 49.6 Å². The summed E-state index contributed by atoms with van der Waals surface area (Å²) in [6, 6.07) is 9.65. The smallest absolute Gasteiger partial charge is 0.250 e. The third-order valence-corrected chi connectivity index (χ3v) is 6.30. The minimum absolute atomic E-state index is 0.0110. The van der Waals surface area contributed by atoms with Gasteiger partial charge in [-0.2, -0.15) is 0 Å². The van der Waals surface area contributed by atoms with E-state index in [-0.39, 0.29) is 30.2 Å². The first-order valence-corrected chi connectivity index (χ1v) is 11.7. The standard InChI is InChI=1S/C25H26ClF3N4O2/c1-35-22-13-16-6-9-30-24(31-17-4-5-20(27)19(26)14-17)18(16)15-21(22)32-23(34)3-2-10-33-11-7-25(28,29)8-12-33/h4-6,9,13-15H,2-3,7-8,10-12H2,1H3,(H,30,31)(H,32,34). The van der Waals surface area contributed by atoms with Crippen molar-refractivity contribution < 1.29 is 22.7 Å². The largest absolute Gasteiger partial charge is 0.495 e. The average molecular weight is 507 g/mol. The predicted molar refractivity (Wildman–Crippen MR) is 131 cm³/mol. The van der Waals surface area contributed by atoms with Crippen LogP contribution in [-0.4, -0.2) is 48.5 Å². The number of ether oxygens (including phenoxy) is 1. The van der Waals surface area contributed by atoms with Crippen molar-refractivity contribution in [1.82, 2.24) is 9.88 Å². The number of carbonyl (C=O) groups excluding carboxylic acids is 1. The lowest BCUT2D eigenvalue weighted by Crippen LogP contribution is -2.39. The molecule has 0 spiro atoms. The summed E-state index contributed by atoms with van der Waals surface area (Å²) in [7, 11) is 1.52. The fourth-order valence-electron chi connectivity index (χ4n) is 4.06. The number of anilines is 3. The maximum absolute atomic E-state index is 13.5. The molecule has 3 aromatic rings. The number of rotatable bonds is 8. The van der Waals surface area contributed by atoms with Crippen LogP contribution in [0.15, 0.2) is 42.6 Å². The van der Waals surface area contributed by atoms with Gasteiger partial charge in [-0.15, -0.1) is 0 Å². The Morgan fingerprint density at radius 3 is 2.69 bits per heavy atom. The van der Waals surface area contributed by atoms with Gasteiger partial charge in [-0.25, -0.2) is 18.2 Å². The minimum Gasteiger partial charge on any atom is -0.495 e. The van der Waals surface area contributed by atoms with E-state index in [9.17, 15) is 18.0 Å². The van der Waals surface area contributed by atoms with Gasteiger partial charge < -0.3 is 20.3 Å². The zero-order chi connectivity index (χ0) is 25.0. The molecule has 35 heavy (non-hydrogen) atoms. The SMILES string of the molecule is COc1cc2ccnc(Nc3ccc(F)c(Cl)c3)c2cc1NC(=O)CCCN1CCC(F)(F)CC1. The molecule has 10 heteroatoms. The van der Waals surface area contributed by atoms with Gasteiger partial charge in [0.05, 0.1) is 17.8 Å². The van der Waals surface area contributed by atoms with Gasteiger partial charge in [-0.3, -0.25) is 4.79 Å². The molecule has 1 fully saturated rings. The zero-order valence-corrected chi connectivity index (χ0v) is 20.0.